The van der Waals surface area contributed by atoms with Crippen molar-refractivity contribution in [1.29, 1.82) is 0 Å². The van der Waals surface area contributed by atoms with E-state index in [-0.39, 0.29) is 25.7 Å². The van der Waals surface area contributed by atoms with E-state index >= 15 is 0 Å². The third-order valence-electron chi connectivity index (χ3n) is 18.9. The molecule has 17 nitrogen and oxygen atoms in total. The lowest BCUT2D eigenvalue weighted by atomic mass is 9.99. The molecule has 0 saturated carbocycles. The predicted molar refractivity (Wildman–Crippen MR) is 404 cm³/mol. The van der Waals surface area contributed by atoms with Crippen LogP contribution in [0.4, 0.5) is 0 Å². The van der Waals surface area contributed by atoms with Crippen molar-refractivity contribution in [2.24, 2.45) is 23.7 Å². The van der Waals surface area contributed by atoms with Crippen molar-refractivity contribution in [1.82, 2.24) is 0 Å². The Balaban J connectivity index is 5.19. The molecule has 0 saturated heterocycles. The molecule has 0 rings (SSSR count). The highest BCUT2D eigenvalue weighted by Crippen LogP contribution is 2.45. The second-order valence-electron chi connectivity index (χ2n) is 30.5. The van der Waals surface area contributed by atoms with Gasteiger partial charge in [0.1, 0.15) is 19.3 Å². The Labute approximate surface area is 607 Å². The van der Waals surface area contributed by atoms with Crippen molar-refractivity contribution in [3.63, 3.8) is 0 Å². The van der Waals surface area contributed by atoms with Gasteiger partial charge in [0, 0.05) is 25.7 Å². The fraction of sp³-hybridized carbons (Fsp3) is 0.950. The molecule has 4 unspecified atom stereocenters. The van der Waals surface area contributed by atoms with Crippen LogP contribution in [0.3, 0.4) is 0 Å². The zero-order valence-electron chi connectivity index (χ0n) is 65.1. The maximum absolute atomic E-state index is 13.1. The molecule has 0 radical (unpaired) electrons. The SMILES string of the molecule is CCC(C)CCCCCCCCCCCCCCCCC(=O)O[C@H](COC(=O)CCCCCCCCCCCCCCCCCCCCC(C)C)COP(=O)(O)OCC(O)COP(=O)(O)OC[C@@H](COC(=O)CCCCCCCCCCC(C)C)OC(=O)CCCCCCCCC(C)C. The summed E-state index contributed by atoms with van der Waals surface area (Å²) in [6, 6.07) is 0. The summed E-state index contributed by atoms with van der Waals surface area (Å²) in [5.74, 6) is 0.943. The van der Waals surface area contributed by atoms with Gasteiger partial charge in [-0.2, -0.15) is 0 Å². The topological polar surface area (TPSA) is 237 Å². The molecule has 19 heteroatoms. The fourth-order valence-electron chi connectivity index (χ4n) is 12.2. The lowest BCUT2D eigenvalue weighted by molar-refractivity contribution is -0.161. The minimum absolute atomic E-state index is 0.101. The lowest BCUT2D eigenvalue weighted by Crippen LogP contribution is -2.30. The predicted octanol–water partition coefficient (Wildman–Crippen LogP) is 23.6. The van der Waals surface area contributed by atoms with Crippen LogP contribution in [0.25, 0.3) is 0 Å². The normalized spacial score (nSPS) is 14.3. The molecule has 0 aromatic rings. The van der Waals surface area contributed by atoms with Gasteiger partial charge in [-0.1, -0.05) is 357 Å². The molecule has 0 aromatic carbocycles. The Kier molecular flexibility index (Phi) is 67.8. The first-order valence-electron chi connectivity index (χ1n) is 41.2. The van der Waals surface area contributed by atoms with Crippen LogP contribution in [0.2, 0.25) is 0 Å². The highest BCUT2D eigenvalue weighted by atomic mass is 31.2. The molecule has 99 heavy (non-hydrogen) atoms. The Bertz CT molecular complexity index is 1940. The van der Waals surface area contributed by atoms with Crippen molar-refractivity contribution >= 4 is 39.5 Å². The van der Waals surface area contributed by atoms with Gasteiger partial charge < -0.3 is 33.8 Å². The number of unbranched alkanes of at least 4 members (excludes halogenated alkanes) is 42. The second kappa shape index (κ2) is 69.1. The van der Waals surface area contributed by atoms with Crippen LogP contribution in [-0.4, -0.2) is 96.7 Å². The smallest absolute Gasteiger partial charge is 0.462 e. The van der Waals surface area contributed by atoms with Gasteiger partial charge in [0.05, 0.1) is 26.4 Å². The van der Waals surface area contributed by atoms with E-state index in [2.05, 4.69) is 55.4 Å². The average molecular weight is 1450 g/mol. The third kappa shape index (κ3) is 72.8. The van der Waals surface area contributed by atoms with Gasteiger partial charge in [0.25, 0.3) is 0 Å². The summed E-state index contributed by atoms with van der Waals surface area (Å²) in [4.78, 5) is 72.9. The Morgan fingerprint density at radius 3 is 0.717 bits per heavy atom. The second-order valence-corrected chi connectivity index (χ2v) is 33.4. The van der Waals surface area contributed by atoms with Crippen molar-refractivity contribution < 1.29 is 80.2 Å². The van der Waals surface area contributed by atoms with Crippen LogP contribution in [0, 0.1) is 23.7 Å². The number of aliphatic hydroxyl groups excluding tert-OH is 1. The molecule has 588 valence electrons. The summed E-state index contributed by atoms with van der Waals surface area (Å²) in [6.45, 7) is 14.2. The van der Waals surface area contributed by atoms with Crippen LogP contribution < -0.4 is 0 Å². The summed E-state index contributed by atoms with van der Waals surface area (Å²) >= 11 is 0. The van der Waals surface area contributed by atoms with E-state index in [1.54, 1.807) is 0 Å². The molecule has 0 amide bonds. The summed E-state index contributed by atoms with van der Waals surface area (Å²) in [6.07, 6.45) is 55.8. The number of phosphoric acid groups is 2. The minimum atomic E-state index is -4.96. The van der Waals surface area contributed by atoms with Gasteiger partial charge in [-0.05, 0) is 49.4 Å². The van der Waals surface area contributed by atoms with E-state index in [4.69, 9.17) is 37.0 Å². The highest BCUT2D eigenvalue weighted by Gasteiger charge is 2.30. The van der Waals surface area contributed by atoms with E-state index in [9.17, 15) is 43.2 Å². The number of phosphoric ester groups is 2. The first-order valence-corrected chi connectivity index (χ1v) is 44.2. The van der Waals surface area contributed by atoms with E-state index in [1.165, 1.54) is 212 Å². The number of carbonyl (C=O) groups excluding carboxylic acids is 4. The highest BCUT2D eigenvalue weighted by molar-refractivity contribution is 7.47. The fourth-order valence-corrected chi connectivity index (χ4v) is 13.8. The van der Waals surface area contributed by atoms with Crippen molar-refractivity contribution in [2.75, 3.05) is 39.6 Å². The lowest BCUT2D eigenvalue weighted by Gasteiger charge is -2.21. The summed E-state index contributed by atoms with van der Waals surface area (Å²) in [5.41, 5.74) is 0. The zero-order chi connectivity index (χ0) is 73.1. The standard InChI is InChI=1S/C80H156O17P2/c1-9-73(8)59-51-43-34-27-23-19-16-17-21-25-29-37-46-54-62-79(84)96-75(66-90-77(82)60-52-44-35-28-24-20-15-13-11-10-12-14-18-22-26-32-40-48-56-70(2)3)68-94-98(86,87)92-64-74(81)65-93-99(88,89)95-69-76(97-80(85)63-55-47-39-38-42-50-58-72(6)7)67-91-78(83)61-53-45-36-31-30-33-41-49-57-71(4)5/h70-76,81H,9-69H2,1-8H3,(H,86,87)(H,88,89)/t73?,74?,75-,76-/m1/s1. The number of esters is 4. The molecule has 0 heterocycles. The molecular formula is C80H156O17P2. The Hall–Kier alpha value is -1.94. The van der Waals surface area contributed by atoms with Gasteiger partial charge in [-0.3, -0.25) is 37.3 Å². The van der Waals surface area contributed by atoms with Gasteiger partial charge in [-0.25, -0.2) is 9.13 Å². The van der Waals surface area contributed by atoms with Crippen molar-refractivity contribution in [3.8, 4) is 0 Å². The van der Waals surface area contributed by atoms with Gasteiger partial charge in [0.2, 0.25) is 0 Å². The molecule has 0 fully saturated rings. The van der Waals surface area contributed by atoms with Gasteiger partial charge in [0.15, 0.2) is 12.2 Å². The van der Waals surface area contributed by atoms with E-state index in [1.807, 2.05) is 0 Å². The van der Waals surface area contributed by atoms with E-state index in [0.717, 1.165) is 108 Å². The Morgan fingerprint density at radius 1 is 0.283 bits per heavy atom. The molecule has 0 aliphatic carbocycles. The molecule has 0 spiro atoms. The van der Waals surface area contributed by atoms with Crippen LogP contribution in [-0.2, 0) is 65.4 Å². The first kappa shape index (κ1) is 97.1. The average Bonchev–Trinajstić information content (AvgIpc) is 1.11. The molecular weight excluding hydrogens is 1290 g/mol. The molecule has 0 aromatic heterocycles. The number of hydrogen-bond acceptors (Lipinski definition) is 15. The largest absolute Gasteiger partial charge is 0.472 e. The quantitative estimate of drug-likeness (QED) is 0.0222. The van der Waals surface area contributed by atoms with Crippen LogP contribution in [0.5, 0.6) is 0 Å². The van der Waals surface area contributed by atoms with E-state index < -0.39 is 97.5 Å². The molecule has 0 aliphatic rings. The van der Waals surface area contributed by atoms with Crippen LogP contribution >= 0.6 is 15.6 Å². The third-order valence-corrected chi connectivity index (χ3v) is 20.8. The zero-order valence-corrected chi connectivity index (χ0v) is 66.9. The molecule has 0 bridgehead atoms. The number of rotatable bonds is 77. The maximum Gasteiger partial charge on any atom is 0.472 e. The van der Waals surface area contributed by atoms with E-state index in [0.29, 0.717) is 31.6 Å². The van der Waals surface area contributed by atoms with Crippen LogP contribution in [0.1, 0.15) is 409 Å². The number of ether oxygens (including phenoxy) is 4. The summed E-state index contributed by atoms with van der Waals surface area (Å²) in [7, 11) is -9.92. The number of carbonyl (C=O) groups is 4. The van der Waals surface area contributed by atoms with Crippen molar-refractivity contribution in [2.45, 2.75) is 427 Å². The number of hydrogen-bond donors (Lipinski definition) is 3. The monoisotopic (exact) mass is 1450 g/mol. The van der Waals surface area contributed by atoms with Crippen LogP contribution in [0.15, 0.2) is 0 Å². The summed E-state index contributed by atoms with van der Waals surface area (Å²) in [5, 5.41) is 10.6. The molecule has 6 atom stereocenters. The Morgan fingerprint density at radius 2 is 0.485 bits per heavy atom. The summed E-state index contributed by atoms with van der Waals surface area (Å²) < 4.78 is 68.6. The van der Waals surface area contributed by atoms with Crippen molar-refractivity contribution in [3.05, 3.63) is 0 Å². The molecule has 3 N–H and O–H groups in total. The number of aliphatic hydroxyl groups is 1. The molecule has 0 aliphatic heterocycles. The van der Waals surface area contributed by atoms with Gasteiger partial charge >= 0.3 is 39.5 Å². The minimum Gasteiger partial charge on any atom is -0.462 e. The van der Waals surface area contributed by atoms with Gasteiger partial charge in [-0.15, -0.1) is 0 Å². The first-order chi connectivity index (χ1) is 47.6. The maximum atomic E-state index is 13.1.